The molecule has 184 valence electrons. The van der Waals surface area contributed by atoms with Gasteiger partial charge in [0.2, 0.25) is 5.78 Å². The molecule has 0 N–H and O–H groups in total. The molecule has 0 aliphatic rings. The lowest BCUT2D eigenvalue weighted by Crippen LogP contribution is -2.23. The second kappa shape index (κ2) is 16.3. The van der Waals surface area contributed by atoms with Crippen molar-refractivity contribution >= 4 is 153 Å². The minimum absolute atomic E-state index is 0.256. The first-order valence-corrected chi connectivity index (χ1v) is 15.8. The second-order valence-corrected chi connectivity index (χ2v) is 13.5. The first-order valence-electron chi connectivity index (χ1n) is 9.32. The minimum Gasteiger partial charge on any atom is -0.456 e. The van der Waals surface area contributed by atoms with Gasteiger partial charge in [0.15, 0.2) is 13.2 Å². The zero-order valence-corrected chi connectivity index (χ0v) is 30.1. The van der Waals surface area contributed by atoms with E-state index < -0.39 is 30.9 Å². The Bertz CT molecular complexity index is 979. The van der Waals surface area contributed by atoms with Gasteiger partial charge in [-0.1, -0.05) is 0 Å². The topological polar surface area (TPSA) is 88.1 Å². The summed E-state index contributed by atoms with van der Waals surface area (Å²) in [5.74, 6) is -1.87. The van der Waals surface area contributed by atoms with E-state index in [4.69, 9.17) is 18.9 Å². The largest absolute Gasteiger partial charge is 0.456 e. The quantitative estimate of drug-likeness (QED) is 0.153. The molecular formula is C21H16I6O7. The molecule has 0 bridgehead atoms. The molecule has 0 saturated heterocycles. The molecule has 0 radical (unpaired) electrons. The van der Waals surface area contributed by atoms with Crippen LogP contribution in [0.4, 0.5) is 0 Å². The van der Waals surface area contributed by atoms with Crippen molar-refractivity contribution in [1.29, 1.82) is 0 Å². The fraction of sp³-hybridized carbons (Fsp3) is 0.286. The maximum absolute atomic E-state index is 11.8. The summed E-state index contributed by atoms with van der Waals surface area (Å²) in [6, 6.07) is 8.07. The first kappa shape index (κ1) is 31.6. The lowest BCUT2D eigenvalue weighted by Gasteiger charge is -2.10. The Labute approximate surface area is 278 Å². The number of carbonyl (C=O) groups excluding carboxylic acids is 3. The molecule has 0 saturated carbocycles. The predicted octanol–water partition coefficient (Wildman–Crippen LogP) is 5.70. The van der Waals surface area contributed by atoms with E-state index >= 15 is 0 Å². The van der Waals surface area contributed by atoms with Gasteiger partial charge in [-0.05, 0) is 171 Å². The normalized spacial score (nSPS) is 10.8. The lowest BCUT2D eigenvalue weighted by atomic mass is 10.2. The minimum atomic E-state index is -0.667. The number of ketones is 1. The molecular weight excluding hydrogens is 1130 g/mol. The average molecular weight is 1140 g/mol. The highest BCUT2D eigenvalue weighted by atomic mass is 127. The second-order valence-electron chi connectivity index (χ2n) is 6.57. The third-order valence-corrected chi connectivity index (χ3v) is 11.4. The van der Waals surface area contributed by atoms with Gasteiger partial charge in [0.1, 0.15) is 13.2 Å². The van der Waals surface area contributed by atoms with Gasteiger partial charge in [-0.15, -0.1) is 0 Å². The fourth-order valence-corrected chi connectivity index (χ4v) is 7.23. The number of rotatable bonds is 12. The molecule has 2 rings (SSSR count). The highest BCUT2D eigenvalue weighted by Crippen LogP contribution is 2.24. The van der Waals surface area contributed by atoms with E-state index in [0.29, 0.717) is 0 Å². The Morgan fingerprint density at radius 1 is 0.588 bits per heavy atom. The van der Waals surface area contributed by atoms with E-state index in [0.717, 1.165) is 32.5 Å². The van der Waals surface area contributed by atoms with Gasteiger partial charge in [0, 0.05) is 21.4 Å². The summed E-state index contributed by atoms with van der Waals surface area (Å²) in [6.45, 7) is -1.04. The van der Waals surface area contributed by atoms with Crippen LogP contribution in [0.15, 0.2) is 24.3 Å². The van der Waals surface area contributed by atoms with Crippen molar-refractivity contribution in [3.05, 3.63) is 56.8 Å². The van der Waals surface area contributed by atoms with Crippen molar-refractivity contribution in [2.24, 2.45) is 0 Å². The lowest BCUT2D eigenvalue weighted by molar-refractivity contribution is -0.157. The number of hydrogen-bond donors (Lipinski definition) is 0. The standard InChI is InChI=1S/C21H16I6O7/c22-13-1-11(20(26)16(24)3-13)5-31-9-18(29)33-7-15(28)8-34-19(30)10-32-6-12-2-14(23)4-17(25)21(12)27/h1-4H,5-10H2. The van der Waals surface area contributed by atoms with Gasteiger partial charge >= 0.3 is 11.9 Å². The van der Waals surface area contributed by atoms with Gasteiger partial charge in [0.05, 0.1) is 13.2 Å². The highest BCUT2D eigenvalue weighted by Gasteiger charge is 2.13. The molecule has 34 heavy (non-hydrogen) atoms. The number of halogens is 6. The predicted molar refractivity (Wildman–Crippen MR) is 175 cm³/mol. The first-order chi connectivity index (χ1) is 16.1. The van der Waals surface area contributed by atoms with E-state index in [9.17, 15) is 14.4 Å². The van der Waals surface area contributed by atoms with Crippen LogP contribution >= 0.6 is 136 Å². The number of carbonyl (C=O) groups is 3. The maximum atomic E-state index is 11.8. The van der Waals surface area contributed by atoms with E-state index in [-0.39, 0.29) is 26.4 Å². The molecule has 7 nitrogen and oxygen atoms in total. The number of ether oxygens (including phenoxy) is 4. The van der Waals surface area contributed by atoms with Crippen LogP contribution in [0.25, 0.3) is 0 Å². The summed E-state index contributed by atoms with van der Waals surface area (Å²) in [7, 11) is 0. The van der Waals surface area contributed by atoms with Crippen molar-refractivity contribution < 1.29 is 33.3 Å². The molecule has 0 aliphatic heterocycles. The van der Waals surface area contributed by atoms with Crippen LogP contribution in [0.3, 0.4) is 0 Å². The van der Waals surface area contributed by atoms with E-state index in [1.807, 2.05) is 12.1 Å². The molecule has 0 fully saturated rings. The molecule has 0 amide bonds. The number of hydrogen-bond acceptors (Lipinski definition) is 7. The van der Waals surface area contributed by atoms with Crippen LogP contribution in [0.5, 0.6) is 0 Å². The number of Topliss-reactive ketones (excluding diaryl/α,β-unsaturated/α-hetero) is 1. The highest BCUT2D eigenvalue weighted by molar-refractivity contribution is 14.1. The van der Waals surface area contributed by atoms with E-state index in [1.165, 1.54) is 0 Å². The molecule has 2 aromatic carbocycles. The molecule has 0 unspecified atom stereocenters. The molecule has 0 aromatic heterocycles. The summed E-state index contributed by atoms with van der Waals surface area (Å²) in [6.07, 6.45) is 0. The summed E-state index contributed by atoms with van der Waals surface area (Å²) >= 11 is 13.4. The molecule has 0 spiro atoms. The molecule has 0 atom stereocenters. The number of esters is 2. The molecule has 13 heteroatoms. The fourth-order valence-electron chi connectivity index (χ4n) is 2.36. The van der Waals surface area contributed by atoms with Gasteiger partial charge < -0.3 is 18.9 Å². The van der Waals surface area contributed by atoms with Crippen LogP contribution in [-0.4, -0.2) is 44.1 Å². The average Bonchev–Trinajstić information content (AvgIpc) is 2.77. The van der Waals surface area contributed by atoms with Crippen LogP contribution in [0.2, 0.25) is 0 Å². The van der Waals surface area contributed by atoms with Crippen molar-refractivity contribution in [2.45, 2.75) is 13.2 Å². The van der Waals surface area contributed by atoms with E-state index in [2.05, 4.69) is 148 Å². The summed E-state index contributed by atoms with van der Waals surface area (Å²) in [5, 5.41) is 0. The zero-order valence-electron chi connectivity index (χ0n) is 17.2. The Kier molecular flexibility index (Phi) is 15.2. The third kappa shape index (κ3) is 11.4. The maximum Gasteiger partial charge on any atom is 0.332 e. The van der Waals surface area contributed by atoms with Crippen molar-refractivity contribution in [2.75, 3.05) is 26.4 Å². The van der Waals surface area contributed by atoms with Crippen LogP contribution in [0, 0.1) is 21.4 Å². The summed E-state index contributed by atoms with van der Waals surface area (Å²) < 4.78 is 27.1. The number of benzene rings is 2. The molecule has 2 aromatic rings. The van der Waals surface area contributed by atoms with Crippen LogP contribution < -0.4 is 0 Å². The van der Waals surface area contributed by atoms with Gasteiger partial charge in [-0.25, -0.2) is 9.59 Å². The Hall–Kier alpha value is 1.35. The third-order valence-electron chi connectivity index (χ3n) is 3.88. The van der Waals surface area contributed by atoms with Crippen molar-refractivity contribution in [3.8, 4) is 0 Å². The van der Waals surface area contributed by atoms with Crippen molar-refractivity contribution in [3.63, 3.8) is 0 Å². The molecule has 0 heterocycles. The molecule has 0 aliphatic carbocycles. The van der Waals surface area contributed by atoms with Gasteiger partial charge in [-0.3, -0.25) is 4.79 Å². The Morgan fingerprint density at radius 2 is 0.971 bits per heavy atom. The Balaban J connectivity index is 1.62. The van der Waals surface area contributed by atoms with Crippen LogP contribution in [-0.2, 0) is 46.5 Å². The monoisotopic (exact) mass is 1140 g/mol. The smallest absolute Gasteiger partial charge is 0.332 e. The van der Waals surface area contributed by atoms with Gasteiger partial charge in [0.25, 0.3) is 0 Å². The van der Waals surface area contributed by atoms with Crippen molar-refractivity contribution in [1.82, 2.24) is 0 Å². The Morgan fingerprint density at radius 3 is 1.35 bits per heavy atom. The zero-order chi connectivity index (χ0) is 25.3. The summed E-state index contributed by atoms with van der Waals surface area (Å²) in [5.41, 5.74) is 1.95. The summed E-state index contributed by atoms with van der Waals surface area (Å²) in [4.78, 5) is 35.5. The van der Waals surface area contributed by atoms with E-state index in [1.54, 1.807) is 0 Å². The van der Waals surface area contributed by atoms with Crippen LogP contribution in [0.1, 0.15) is 11.1 Å². The SMILES string of the molecule is O=C(COC(=O)COCc1cc(I)cc(I)c1I)COC(=O)COCc1cc(I)cc(I)c1I. The van der Waals surface area contributed by atoms with Gasteiger partial charge in [-0.2, -0.15) is 0 Å².